The van der Waals surface area contributed by atoms with Crippen LogP contribution in [-0.2, 0) is 10.0 Å². The van der Waals surface area contributed by atoms with Crippen LogP contribution < -0.4 is 4.72 Å². The summed E-state index contributed by atoms with van der Waals surface area (Å²) in [7, 11) is -3.46. The van der Waals surface area contributed by atoms with Crippen molar-refractivity contribution < 1.29 is 8.42 Å². The van der Waals surface area contributed by atoms with Crippen LogP contribution in [0.5, 0.6) is 0 Å². The van der Waals surface area contributed by atoms with Crippen LogP contribution in [-0.4, -0.2) is 39.0 Å². The van der Waals surface area contributed by atoms with E-state index in [-0.39, 0.29) is 10.3 Å². The minimum absolute atomic E-state index is 0.0344. The Labute approximate surface area is 130 Å². The highest BCUT2D eigenvalue weighted by Crippen LogP contribution is 2.35. The first kappa shape index (κ1) is 14.3. The summed E-state index contributed by atoms with van der Waals surface area (Å²) < 4.78 is 28.5. The van der Waals surface area contributed by atoms with Crippen molar-refractivity contribution >= 4 is 48.9 Å². The Bertz CT molecular complexity index is 562. The van der Waals surface area contributed by atoms with Gasteiger partial charge in [0.05, 0.1) is 8.81 Å². The normalized spacial score (nSPS) is 30.7. The van der Waals surface area contributed by atoms with E-state index in [1.54, 1.807) is 0 Å². The first-order valence-corrected chi connectivity index (χ1v) is 9.62. The molecule has 3 aliphatic rings. The zero-order valence-electron chi connectivity index (χ0n) is 10.1. The van der Waals surface area contributed by atoms with Crippen LogP contribution in [0.4, 0.5) is 0 Å². The van der Waals surface area contributed by atoms with E-state index in [4.69, 9.17) is 11.6 Å². The van der Waals surface area contributed by atoms with Crippen LogP contribution in [0.25, 0.3) is 0 Å². The summed E-state index contributed by atoms with van der Waals surface area (Å²) in [6.45, 7) is 3.02. The number of thiophene rings is 1. The molecule has 1 aromatic rings. The van der Waals surface area contributed by atoms with Gasteiger partial charge in [0.1, 0.15) is 4.21 Å². The molecule has 3 aliphatic heterocycles. The van der Waals surface area contributed by atoms with Gasteiger partial charge in [-0.25, -0.2) is 13.1 Å². The molecule has 1 atom stereocenters. The fourth-order valence-corrected chi connectivity index (χ4v) is 6.53. The first-order chi connectivity index (χ1) is 8.95. The molecule has 19 heavy (non-hydrogen) atoms. The first-order valence-electron chi connectivity index (χ1n) is 6.15. The maximum atomic E-state index is 12.3. The number of fused-ring (bicyclic) bond motifs is 3. The van der Waals surface area contributed by atoms with E-state index in [0.717, 1.165) is 43.8 Å². The maximum absolute atomic E-state index is 12.3. The molecule has 3 fully saturated rings. The van der Waals surface area contributed by atoms with E-state index in [1.165, 1.54) is 6.07 Å². The number of piperidine rings is 3. The van der Waals surface area contributed by atoms with Gasteiger partial charge in [-0.1, -0.05) is 11.6 Å². The van der Waals surface area contributed by atoms with Crippen LogP contribution in [0, 0.1) is 5.92 Å². The van der Waals surface area contributed by atoms with E-state index in [9.17, 15) is 8.42 Å². The predicted molar refractivity (Wildman–Crippen MR) is 80.3 cm³/mol. The molecule has 0 spiro atoms. The van der Waals surface area contributed by atoms with Crippen molar-refractivity contribution in [2.75, 3.05) is 19.6 Å². The Balaban J connectivity index is 1.78. The summed E-state index contributed by atoms with van der Waals surface area (Å²) in [6, 6.07) is 1.53. The topological polar surface area (TPSA) is 49.4 Å². The van der Waals surface area contributed by atoms with E-state index in [0.29, 0.717) is 14.7 Å². The molecule has 4 rings (SSSR count). The molecular formula is C11H14BrClN2O2S2. The van der Waals surface area contributed by atoms with Gasteiger partial charge in [-0.2, -0.15) is 0 Å². The van der Waals surface area contributed by atoms with Gasteiger partial charge in [0.15, 0.2) is 0 Å². The molecule has 4 heterocycles. The lowest BCUT2D eigenvalue weighted by Crippen LogP contribution is -2.57. The number of halogens is 2. The lowest BCUT2D eigenvalue weighted by molar-refractivity contribution is 0.0827. The highest BCUT2D eigenvalue weighted by molar-refractivity contribution is 9.11. The van der Waals surface area contributed by atoms with Gasteiger partial charge >= 0.3 is 0 Å². The van der Waals surface area contributed by atoms with Gasteiger partial charge in [0.2, 0.25) is 10.0 Å². The molecule has 106 valence electrons. The van der Waals surface area contributed by atoms with Crippen molar-refractivity contribution in [1.29, 1.82) is 0 Å². The summed E-state index contributed by atoms with van der Waals surface area (Å²) in [5.74, 6) is 0.471. The standard InChI is InChI=1S/C11H14BrClN2O2S2/c12-11-8(13)5-10(18-11)19(16,17)14-9-6-15-3-1-7(9)2-4-15/h5,7,9,14H,1-4,6H2. The molecule has 4 nitrogen and oxygen atoms in total. The van der Waals surface area contributed by atoms with Crippen molar-refractivity contribution in [3.8, 4) is 0 Å². The summed E-state index contributed by atoms with van der Waals surface area (Å²) >= 11 is 10.3. The van der Waals surface area contributed by atoms with E-state index >= 15 is 0 Å². The lowest BCUT2D eigenvalue weighted by atomic mass is 9.85. The lowest BCUT2D eigenvalue weighted by Gasteiger charge is -2.44. The SMILES string of the molecule is O=S(=O)(NC1CN2CCC1CC2)c1cc(Cl)c(Br)s1. The summed E-state index contributed by atoms with van der Waals surface area (Å²) in [4.78, 5) is 2.32. The molecule has 8 heteroatoms. The Morgan fingerprint density at radius 1 is 1.42 bits per heavy atom. The number of hydrogen-bond donors (Lipinski definition) is 1. The van der Waals surface area contributed by atoms with Crippen LogP contribution in [0.15, 0.2) is 14.1 Å². The van der Waals surface area contributed by atoms with Crippen molar-refractivity contribution in [1.82, 2.24) is 9.62 Å². The van der Waals surface area contributed by atoms with Crippen LogP contribution in [0.2, 0.25) is 5.02 Å². The summed E-state index contributed by atoms with van der Waals surface area (Å²) in [5, 5.41) is 0.444. The molecule has 0 aliphatic carbocycles. The second-order valence-electron chi connectivity index (χ2n) is 5.05. The largest absolute Gasteiger partial charge is 0.302 e. The molecule has 2 bridgehead atoms. The Morgan fingerprint density at radius 3 is 2.58 bits per heavy atom. The minimum atomic E-state index is -3.46. The van der Waals surface area contributed by atoms with Gasteiger partial charge in [-0.15, -0.1) is 11.3 Å². The third kappa shape index (κ3) is 2.87. The minimum Gasteiger partial charge on any atom is -0.302 e. The van der Waals surface area contributed by atoms with E-state index in [2.05, 4.69) is 25.6 Å². The molecule has 0 amide bonds. The molecule has 0 aromatic carbocycles. The fourth-order valence-electron chi connectivity index (χ4n) is 2.82. The molecule has 1 N–H and O–H groups in total. The fraction of sp³-hybridized carbons (Fsp3) is 0.636. The van der Waals surface area contributed by atoms with Crippen LogP contribution in [0.3, 0.4) is 0 Å². The van der Waals surface area contributed by atoms with Crippen LogP contribution >= 0.6 is 38.9 Å². The number of sulfonamides is 1. The third-order valence-electron chi connectivity index (χ3n) is 3.85. The Morgan fingerprint density at radius 2 is 2.11 bits per heavy atom. The molecular weight excluding hydrogens is 372 g/mol. The molecule has 3 saturated heterocycles. The highest BCUT2D eigenvalue weighted by atomic mass is 79.9. The van der Waals surface area contributed by atoms with Gasteiger partial charge in [0.25, 0.3) is 0 Å². The molecule has 0 saturated carbocycles. The number of nitrogens with zero attached hydrogens (tertiary/aromatic N) is 1. The quantitative estimate of drug-likeness (QED) is 0.870. The molecule has 1 unspecified atom stereocenters. The zero-order valence-corrected chi connectivity index (χ0v) is 14.1. The van der Waals surface area contributed by atoms with Gasteiger partial charge in [-0.3, -0.25) is 0 Å². The number of nitrogens with one attached hydrogen (secondary N) is 1. The van der Waals surface area contributed by atoms with Crippen molar-refractivity contribution in [2.45, 2.75) is 23.1 Å². The third-order valence-corrected chi connectivity index (χ3v) is 8.29. The van der Waals surface area contributed by atoms with Crippen molar-refractivity contribution in [2.24, 2.45) is 5.92 Å². The Kier molecular flexibility index (Phi) is 3.96. The van der Waals surface area contributed by atoms with Gasteiger partial charge in [-0.05, 0) is 53.8 Å². The second kappa shape index (κ2) is 5.27. The number of rotatable bonds is 3. The monoisotopic (exact) mass is 384 g/mol. The average molecular weight is 386 g/mol. The molecule has 1 aromatic heterocycles. The maximum Gasteiger partial charge on any atom is 0.250 e. The van der Waals surface area contributed by atoms with E-state index < -0.39 is 10.0 Å². The smallest absolute Gasteiger partial charge is 0.250 e. The van der Waals surface area contributed by atoms with Gasteiger partial charge in [0, 0.05) is 12.6 Å². The zero-order chi connectivity index (χ0) is 13.6. The number of hydrogen-bond acceptors (Lipinski definition) is 4. The van der Waals surface area contributed by atoms with Crippen LogP contribution in [0.1, 0.15) is 12.8 Å². The predicted octanol–water partition coefficient (Wildman–Crippen LogP) is 2.54. The van der Waals surface area contributed by atoms with Crippen molar-refractivity contribution in [3.63, 3.8) is 0 Å². The van der Waals surface area contributed by atoms with E-state index in [1.807, 2.05) is 0 Å². The summed E-state index contributed by atoms with van der Waals surface area (Å²) in [6.07, 6.45) is 2.17. The average Bonchev–Trinajstić information content (AvgIpc) is 2.71. The summed E-state index contributed by atoms with van der Waals surface area (Å²) in [5.41, 5.74) is 0. The highest BCUT2D eigenvalue weighted by Gasteiger charge is 2.36. The second-order valence-corrected chi connectivity index (χ2v) is 9.77. The van der Waals surface area contributed by atoms with Gasteiger partial charge < -0.3 is 4.90 Å². The molecule has 0 radical (unpaired) electrons. The Hall–Kier alpha value is 0.340. The van der Waals surface area contributed by atoms with Crippen molar-refractivity contribution in [3.05, 3.63) is 14.9 Å².